The number of carbonyl (C=O) groups excluding carboxylic acids is 2. The molecule has 5 heteroatoms. The Hall–Kier alpha value is -2.04. The molecule has 23 heavy (non-hydrogen) atoms. The van der Waals surface area contributed by atoms with Crippen LogP contribution in [0.15, 0.2) is 30.3 Å². The summed E-state index contributed by atoms with van der Waals surface area (Å²) < 4.78 is 5.18. The van der Waals surface area contributed by atoms with E-state index < -0.39 is 11.7 Å². The molecule has 1 aromatic rings. The molecule has 1 aromatic carbocycles. The Morgan fingerprint density at radius 1 is 1.26 bits per heavy atom. The predicted octanol–water partition coefficient (Wildman–Crippen LogP) is 2.96. The molecule has 2 rings (SSSR count). The second kappa shape index (κ2) is 7.02. The Kier molecular flexibility index (Phi) is 5.29. The molecule has 126 valence electrons. The third-order valence-electron chi connectivity index (χ3n) is 3.62. The molecule has 0 unspecified atom stereocenters. The van der Waals surface area contributed by atoms with Gasteiger partial charge < -0.3 is 15.4 Å². The molecule has 1 aliphatic carbocycles. The van der Waals surface area contributed by atoms with Crippen molar-refractivity contribution in [2.75, 3.05) is 0 Å². The van der Waals surface area contributed by atoms with E-state index in [1.54, 1.807) is 27.7 Å². The van der Waals surface area contributed by atoms with Gasteiger partial charge in [0, 0.05) is 24.4 Å². The second-order valence-electron chi connectivity index (χ2n) is 7.18. The Labute approximate surface area is 137 Å². The van der Waals surface area contributed by atoms with Crippen molar-refractivity contribution in [2.45, 2.75) is 64.1 Å². The van der Waals surface area contributed by atoms with Crippen LogP contribution in [-0.4, -0.2) is 29.7 Å². The maximum absolute atomic E-state index is 12.0. The molecular formula is C18H26N2O3. The van der Waals surface area contributed by atoms with E-state index in [0.29, 0.717) is 5.92 Å². The van der Waals surface area contributed by atoms with Crippen LogP contribution in [0.1, 0.15) is 52.0 Å². The first-order valence-electron chi connectivity index (χ1n) is 8.08. The van der Waals surface area contributed by atoms with E-state index in [-0.39, 0.29) is 24.4 Å². The number of rotatable bonds is 5. The fraction of sp³-hybridized carbons (Fsp3) is 0.556. The van der Waals surface area contributed by atoms with E-state index in [2.05, 4.69) is 22.8 Å². The lowest BCUT2D eigenvalue weighted by atomic mass is 10.1. The van der Waals surface area contributed by atoms with Gasteiger partial charge in [0.2, 0.25) is 5.91 Å². The summed E-state index contributed by atoms with van der Waals surface area (Å²) in [6, 6.07) is 10.1. The van der Waals surface area contributed by atoms with Gasteiger partial charge in [-0.25, -0.2) is 4.79 Å². The highest BCUT2D eigenvalue weighted by Gasteiger charge is 2.39. The van der Waals surface area contributed by atoms with Gasteiger partial charge in [0.25, 0.3) is 0 Å². The molecular weight excluding hydrogens is 292 g/mol. The molecule has 1 saturated carbocycles. The van der Waals surface area contributed by atoms with Crippen LogP contribution in [0.5, 0.6) is 0 Å². The lowest BCUT2D eigenvalue weighted by Gasteiger charge is -2.21. The van der Waals surface area contributed by atoms with Gasteiger partial charge in [-0.3, -0.25) is 4.79 Å². The van der Waals surface area contributed by atoms with E-state index in [9.17, 15) is 9.59 Å². The molecule has 0 spiro atoms. The largest absolute Gasteiger partial charge is 0.444 e. The molecule has 1 aliphatic rings. The van der Waals surface area contributed by atoms with Crippen LogP contribution in [0.4, 0.5) is 4.79 Å². The van der Waals surface area contributed by atoms with Gasteiger partial charge in [0.05, 0.1) is 0 Å². The minimum atomic E-state index is -0.539. The van der Waals surface area contributed by atoms with Crippen molar-refractivity contribution in [3.05, 3.63) is 35.9 Å². The van der Waals surface area contributed by atoms with Crippen LogP contribution in [0.2, 0.25) is 0 Å². The van der Waals surface area contributed by atoms with E-state index in [0.717, 1.165) is 6.42 Å². The highest BCUT2D eigenvalue weighted by atomic mass is 16.6. The predicted molar refractivity (Wildman–Crippen MR) is 89.2 cm³/mol. The minimum absolute atomic E-state index is 0.0445. The van der Waals surface area contributed by atoms with Gasteiger partial charge in [-0.2, -0.15) is 0 Å². The third kappa shape index (κ3) is 5.93. The molecule has 0 aromatic heterocycles. The summed E-state index contributed by atoms with van der Waals surface area (Å²) >= 11 is 0. The summed E-state index contributed by atoms with van der Waals surface area (Å²) in [7, 11) is 0. The highest BCUT2D eigenvalue weighted by Crippen LogP contribution is 2.40. The lowest BCUT2D eigenvalue weighted by Crippen LogP contribution is -2.40. The Morgan fingerprint density at radius 3 is 2.52 bits per heavy atom. The van der Waals surface area contributed by atoms with Crippen molar-refractivity contribution >= 4 is 12.0 Å². The summed E-state index contributed by atoms with van der Waals surface area (Å²) in [5, 5.41) is 5.71. The van der Waals surface area contributed by atoms with E-state index in [1.165, 1.54) is 5.56 Å². The minimum Gasteiger partial charge on any atom is -0.444 e. The number of hydrogen-bond acceptors (Lipinski definition) is 3. The molecule has 0 bridgehead atoms. The smallest absolute Gasteiger partial charge is 0.407 e. The van der Waals surface area contributed by atoms with Crippen molar-refractivity contribution < 1.29 is 14.3 Å². The first kappa shape index (κ1) is 17.3. The van der Waals surface area contributed by atoms with E-state index in [1.807, 2.05) is 18.2 Å². The van der Waals surface area contributed by atoms with Crippen LogP contribution in [0.25, 0.3) is 0 Å². The average Bonchev–Trinajstić information content (AvgIpc) is 3.15. The number of hydrogen-bond donors (Lipinski definition) is 2. The van der Waals surface area contributed by atoms with E-state index >= 15 is 0 Å². The second-order valence-corrected chi connectivity index (χ2v) is 7.18. The van der Waals surface area contributed by atoms with Crippen molar-refractivity contribution in [1.29, 1.82) is 0 Å². The zero-order chi connectivity index (χ0) is 17.0. The molecule has 0 saturated heterocycles. The SMILES string of the molecule is C[C@H](CC(=O)N[C@H]1C[C@@H]1c1ccccc1)NC(=O)OC(C)(C)C. The monoisotopic (exact) mass is 318 g/mol. The number of nitrogens with one attached hydrogen (secondary N) is 2. The molecule has 0 heterocycles. The fourth-order valence-corrected chi connectivity index (χ4v) is 2.53. The molecule has 0 aliphatic heterocycles. The average molecular weight is 318 g/mol. The number of ether oxygens (including phenoxy) is 1. The molecule has 2 amide bonds. The standard InChI is InChI=1S/C18H26N2O3/c1-12(19-17(22)23-18(2,3)4)10-16(21)20-15-11-14(15)13-8-6-5-7-9-13/h5-9,12,14-15H,10-11H2,1-4H3,(H,19,22)(H,20,21)/t12-,14-,15+/m1/s1. The highest BCUT2D eigenvalue weighted by molar-refractivity contribution is 5.78. The van der Waals surface area contributed by atoms with Gasteiger partial charge in [-0.05, 0) is 39.7 Å². The summed E-state index contributed by atoms with van der Waals surface area (Å²) in [5.41, 5.74) is 0.723. The maximum Gasteiger partial charge on any atom is 0.407 e. The molecule has 5 nitrogen and oxygen atoms in total. The van der Waals surface area contributed by atoms with Gasteiger partial charge >= 0.3 is 6.09 Å². The van der Waals surface area contributed by atoms with Crippen molar-refractivity contribution in [2.24, 2.45) is 0 Å². The summed E-state index contributed by atoms with van der Waals surface area (Å²) in [5.74, 6) is 0.367. The maximum atomic E-state index is 12.0. The number of carbonyl (C=O) groups is 2. The summed E-state index contributed by atoms with van der Waals surface area (Å²) in [6.07, 6.45) is 0.729. The summed E-state index contributed by atoms with van der Waals surface area (Å²) in [4.78, 5) is 23.7. The van der Waals surface area contributed by atoms with Crippen LogP contribution in [-0.2, 0) is 9.53 Å². The zero-order valence-electron chi connectivity index (χ0n) is 14.3. The Morgan fingerprint density at radius 2 is 1.91 bits per heavy atom. The van der Waals surface area contributed by atoms with Crippen LogP contribution in [0.3, 0.4) is 0 Å². The van der Waals surface area contributed by atoms with Gasteiger partial charge in [0.15, 0.2) is 0 Å². The van der Waals surface area contributed by atoms with Crippen molar-refractivity contribution in [3.8, 4) is 0 Å². The molecule has 0 radical (unpaired) electrons. The van der Waals surface area contributed by atoms with Crippen LogP contribution in [0, 0.1) is 0 Å². The zero-order valence-corrected chi connectivity index (χ0v) is 14.3. The van der Waals surface area contributed by atoms with Crippen LogP contribution < -0.4 is 10.6 Å². The Bertz CT molecular complexity index is 551. The Balaban J connectivity index is 1.70. The lowest BCUT2D eigenvalue weighted by molar-refractivity contribution is -0.121. The topological polar surface area (TPSA) is 67.4 Å². The summed E-state index contributed by atoms with van der Waals surface area (Å²) in [6.45, 7) is 7.22. The van der Waals surface area contributed by atoms with Gasteiger partial charge in [-0.15, -0.1) is 0 Å². The van der Waals surface area contributed by atoms with Crippen molar-refractivity contribution in [3.63, 3.8) is 0 Å². The third-order valence-corrected chi connectivity index (χ3v) is 3.62. The fourth-order valence-electron chi connectivity index (χ4n) is 2.53. The number of benzene rings is 1. The normalized spacial score (nSPS) is 21.2. The van der Waals surface area contributed by atoms with Gasteiger partial charge in [-0.1, -0.05) is 30.3 Å². The molecule has 3 atom stereocenters. The first-order valence-corrected chi connectivity index (χ1v) is 8.08. The van der Waals surface area contributed by atoms with Crippen molar-refractivity contribution in [1.82, 2.24) is 10.6 Å². The quantitative estimate of drug-likeness (QED) is 0.877. The van der Waals surface area contributed by atoms with E-state index in [4.69, 9.17) is 4.74 Å². The molecule has 2 N–H and O–H groups in total. The van der Waals surface area contributed by atoms with Gasteiger partial charge in [0.1, 0.15) is 5.60 Å². The first-order chi connectivity index (χ1) is 10.7. The number of amides is 2. The van der Waals surface area contributed by atoms with Crippen LogP contribution >= 0.6 is 0 Å². The molecule has 1 fully saturated rings. The number of alkyl carbamates (subject to hydrolysis) is 1.